The second-order valence-electron chi connectivity index (χ2n) is 10.9. The summed E-state index contributed by atoms with van der Waals surface area (Å²) >= 11 is 0. The van der Waals surface area contributed by atoms with E-state index in [4.69, 9.17) is 4.74 Å². The fourth-order valence-electron chi connectivity index (χ4n) is 6.64. The van der Waals surface area contributed by atoms with Gasteiger partial charge in [0.2, 0.25) is 5.91 Å². The highest BCUT2D eigenvalue weighted by Gasteiger charge is 2.53. The van der Waals surface area contributed by atoms with Gasteiger partial charge in [-0.2, -0.15) is 0 Å². The van der Waals surface area contributed by atoms with E-state index in [-0.39, 0.29) is 46.9 Å². The molecule has 2 amide bonds. The number of carbonyl (C=O) groups is 2. The van der Waals surface area contributed by atoms with E-state index < -0.39 is 6.10 Å². The maximum Gasteiger partial charge on any atom is 0.251 e. The highest BCUT2D eigenvalue weighted by atomic mass is 16.5. The fraction of sp³-hybridized carbons (Fsp3) is 0.552. The molecule has 0 unspecified atom stereocenters. The number of benzene rings is 1. The lowest BCUT2D eigenvalue weighted by Crippen LogP contribution is -2.58. The average Bonchev–Trinajstić information content (AvgIpc) is 2.89. The van der Waals surface area contributed by atoms with Crippen LogP contribution in [0.2, 0.25) is 0 Å². The number of aliphatic hydroxyl groups excluding tert-OH is 1. The SMILES string of the molecule is COc1ccccc1CNC(=O)[C@@H](C)[C@@H]1CC[C@@]2(C)CC[C@H](NC(=O)c3ccncc3)[C@@H](C)[C@@H]2[C@H]1O. The van der Waals surface area contributed by atoms with Crippen molar-refractivity contribution in [2.75, 3.05) is 7.11 Å². The maximum atomic E-state index is 13.1. The molecule has 7 nitrogen and oxygen atoms in total. The number of hydrogen-bond acceptors (Lipinski definition) is 5. The van der Waals surface area contributed by atoms with Crippen molar-refractivity contribution in [2.24, 2.45) is 29.1 Å². The van der Waals surface area contributed by atoms with Gasteiger partial charge in [-0.3, -0.25) is 14.6 Å². The Hall–Kier alpha value is -2.93. The predicted molar refractivity (Wildman–Crippen MR) is 138 cm³/mol. The van der Waals surface area contributed by atoms with Crippen LogP contribution in [-0.2, 0) is 11.3 Å². The van der Waals surface area contributed by atoms with Gasteiger partial charge in [-0.05, 0) is 67.1 Å². The van der Waals surface area contributed by atoms with E-state index in [0.29, 0.717) is 12.1 Å². The summed E-state index contributed by atoms with van der Waals surface area (Å²) in [4.78, 5) is 29.9. The lowest BCUT2D eigenvalue weighted by Gasteiger charge is -2.56. The number of methoxy groups -OCH3 is 1. The number of nitrogens with one attached hydrogen (secondary N) is 2. The number of pyridine rings is 1. The molecule has 0 radical (unpaired) electrons. The number of fused-ring (bicyclic) bond motifs is 1. The minimum Gasteiger partial charge on any atom is -0.496 e. The number of aliphatic hydroxyl groups is 1. The van der Waals surface area contributed by atoms with E-state index >= 15 is 0 Å². The summed E-state index contributed by atoms with van der Waals surface area (Å²) in [5, 5.41) is 17.9. The topological polar surface area (TPSA) is 101 Å². The molecule has 4 rings (SSSR count). The van der Waals surface area contributed by atoms with Crippen LogP contribution in [0.15, 0.2) is 48.8 Å². The van der Waals surface area contributed by atoms with Crippen molar-refractivity contribution in [3.05, 3.63) is 59.9 Å². The molecule has 7 atom stereocenters. The van der Waals surface area contributed by atoms with Crippen molar-refractivity contribution in [3.8, 4) is 5.75 Å². The Morgan fingerprint density at radius 3 is 2.58 bits per heavy atom. The third kappa shape index (κ3) is 5.26. The third-order valence-corrected chi connectivity index (χ3v) is 8.85. The first-order chi connectivity index (χ1) is 17.2. The van der Waals surface area contributed by atoms with Gasteiger partial charge in [0.1, 0.15) is 5.75 Å². The predicted octanol–water partition coefficient (Wildman–Crippen LogP) is 3.96. The number of carbonyl (C=O) groups excluding carboxylic acids is 2. The highest BCUT2D eigenvalue weighted by molar-refractivity contribution is 5.94. The lowest BCUT2D eigenvalue weighted by atomic mass is 9.51. The number of aromatic nitrogens is 1. The van der Waals surface area contributed by atoms with Gasteiger partial charge in [0, 0.05) is 42.0 Å². The minimum atomic E-state index is -0.605. The Kier molecular flexibility index (Phi) is 7.98. The normalized spacial score (nSPS) is 30.5. The quantitative estimate of drug-likeness (QED) is 0.542. The molecule has 1 aromatic carbocycles. The molecule has 1 aromatic heterocycles. The van der Waals surface area contributed by atoms with Crippen LogP contribution in [0.3, 0.4) is 0 Å². The van der Waals surface area contributed by atoms with Crippen LogP contribution < -0.4 is 15.4 Å². The molecule has 2 saturated carbocycles. The molecule has 36 heavy (non-hydrogen) atoms. The molecule has 194 valence electrons. The average molecular weight is 494 g/mol. The first-order valence-corrected chi connectivity index (χ1v) is 13.0. The van der Waals surface area contributed by atoms with Crippen molar-refractivity contribution < 1.29 is 19.4 Å². The van der Waals surface area contributed by atoms with Crippen LogP contribution in [0.25, 0.3) is 0 Å². The molecule has 2 fully saturated rings. The van der Waals surface area contributed by atoms with Crippen LogP contribution in [0.1, 0.15) is 62.4 Å². The molecule has 1 heterocycles. The number of ether oxygens (including phenoxy) is 1. The molecule has 3 N–H and O–H groups in total. The zero-order valence-corrected chi connectivity index (χ0v) is 21.7. The molecule has 2 aromatic rings. The molecular formula is C29H39N3O4. The van der Waals surface area contributed by atoms with Gasteiger partial charge in [0.05, 0.1) is 13.2 Å². The Morgan fingerprint density at radius 1 is 1.17 bits per heavy atom. The highest BCUT2D eigenvalue weighted by Crippen LogP contribution is 2.55. The van der Waals surface area contributed by atoms with Crippen LogP contribution in [0.5, 0.6) is 5.75 Å². The van der Waals surface area contributed by atoms with Gasteiger partial charge >= 0.3 is 0 Å². The number of para-hydroxylation sites is 1. The van der Waals surface area contributed by atoms with E-state index in [1.165, 1.54) is 0 Å². The third-order valence-electron chi connectivity index (χ3n) is 8.85. The summed E-state index contributed by atoms with van der Waals surface area (Å²) in [7, 11) is 1.62. The zero-order chi connectivity index (χ0) is 25.9. The van der Waals surface area contributed by atoms with Gasteiger partial charge in [0.25, 0.3) is 5.91 Å². The second kappa shape index (κ2) is 11.0. The van der Waals surface area contributed by atoms with Crippen LogP contribution in [0.4, 0.5) is 0 Å². The first-order valence-electron chi connectivity index (χ1n) is 13.0. The smallest absolute Gasteiger partial charge is 0.251 e. The molecule has 2 aliphatic carbocycles. The van der Waals surface area contributed by atoms with Crippen LogP contribution >= 0.6 is 0 Å². The van der Waals surface area contributed by atoms with E-state index in [1.807, 2.05) is 31.2 Å². The van der Waals surface area contributed by atoms with Gasteiger partial charge in [-0.25, -0.2) is 0 Å². The van der Waals surface area contributed by atoms with Crippen molar-refractivity contribution in [1.29, 1.82) is 0 Å². The van der Waals surface area contributed by atoms with Crippen molar-refractivity contribution in [3.63, 3.8) is 0 Å². The Bertz CT molecular complexity index is 1060. The molecular weight excluding hydrogens is 454 g/mol. The Labute approximate surface area is 214 Å². The standard InChI is InChI=1S/C29H39N3O4/c1-18(27(34)31-17-21-7-5-6-8-24(21)36-4)22-9-13-29(3)14-10-23(19(2)25(29)26(22)33)32-28(35)20-11-15-30-16-12-20/h5-8,11-12,15-16,18-19,22-23,25-26,33H,9-10,13-14,17H2,1-4H3,(H,31,34)(H,32,35)/t18-,19+,22-,23-,25+,26-,29-/m0/s1. The number of hydrogen-bond donors (Lipinski definition) is 3. The van der Waals surface area contributed by atoms with Gasteiger partial charge < -0.3 is 20.5 Å². The summed E-state index contributed by atoms with van der Waals surface area (Å²) in [6.45, 7) is 6.71. The zero-order valence-electron chi connectivity index (χ0n) is 21.7. The molecule has 2 aliphatic rings. The van der Waals surface area contributed by atoms with E-state index in [9.17, 15) is 14.7 Å². The molecule has 0 spiro atoms. The summed E-state index contributed by atoms with van der Waals surface area (Å²) in [5.41, 5.74) is 1.51. The first kappa shape index (κ1) is 26.1. The summed E-state index contributed by atoms with van der Waals surface area (Å²) in [6, 6.07) is 11.0. The molecule has 0 bridgehead atoms. The van der Waals surface area contributed by atoms with Crippen molar-refractivity contribution in [1.82, 2.24) is 15.6 Å². The van der Waals surface area contributed by atoms with Gasteiger partial charge in [-0.1, -0.05) is 39.0 Å². The minimum absolute atomic E-state index is 0.000822. The van der Waals surface area contributed by atoms with E-state index in [2.05, 4.69) is 29.5 Å². The number of nitrogens with zero attached hydrogens (tertiary/aromatic N) is 1. The number of amides is 2. The van der Waals surface area contributed by atoms with Crippen molar-refractivity contribution in [2.45, 2.75) is 65.1 Å². The van der Waals surface area contributed by atoms with E-state index in [1.54, 1.807) is 31.6 Å². The monoisotopic (exact) mass is 493 g/mol. The van der Waals surface area contributed by atoms with Gasteiger partial charge in [-0.15, -0.1) is 0 Å². The van der Waals surface area contributed by atoms with Crippen molar-refractivity contribution >= 4 is 11.8 Å². The second-order valence-corrected chi connectivity index (χ2v) is 10.9. The molecule has 0 saturated heterocycles. The van der Waals surface area contributed by atoms with Gasteiger partial charge in [0.15, 0.2) is 0 Å². The Balaban J connectivity index is 1.42. The maximum absolute atomic E-state index is 13.1. The van der Waals surface area contributed by atoms with Crippen LogP contribution in [0, 0.1) is 29.1 Å². The summed E-state index contributed by atoms with van der Waals surface area (Å²) in [6.07, 6.45) is 6.25. The summed E-state index contributed by atoms with van der Waals surface area (Å²) < 4.78 is 5.39. The fourth-order valence-corrected chi connectivity index (χ4v) is 6.64. The Morgan fingerprint density at radius 2 is 1.86 bits per heavy atom. The largest absolute Gasteiger partial charge is 0.496 e. The van der Waals surface area contributed by atoms with E-state index in [0.717, 1.165) is 37.0 Å². The van der Waals surface area contributed by atoms with Crippen LogP contribution in [-0.4, -0.2) is 41.2 Å². The molecule has 7 heteroatoms. The lowest BCUT2D eigenvalue weighted by molar-refractivity contribution is -0.142. The molecule has 0 aliphatic heterocycles. The number of rotatable bonds is 7. The summed E-state index contributed by atoms with van der Waals surface area (Å²) in [5.74, 6) is 0.239.